The molecule has 0 spiro atoms. The number of hydrogen-bond acceptors (Lipinski definition) is 5. The van der Waals surface area contributed by atoms with E-state index in [1.54, 1.807) is 0 Å². The van der Waals surface area contributed by atoms with Crippen molar-refractivity contribution in [2.45, 2.75) is 13.5 Å². The van der Waals surface area contributed by atoms with Gasteiger partial charge >= 0.3 is 0 Å². The molecule has 0 radical (unpaired) electrons. The second-order valence-corrected chi connectivity index (χ2v) is 8.27. The summed E-state index contributed by atoms with van der Waals surface area (Å²) in [7, 11) is 0. The molecule has 6 heteroatoms. The van der Waals surface area contributed by atoms with Gasteiger partial charge in [-0.1, -0.05) is 83.6 Å². The number of thiazole rings is 1. The minimum atomic E-state index is -0.165. The molecule has 0 saturated heterocycles. The summed E-state index contributed by atoms with van der Waals surface area (Å²) < 4.78 is 7.86. The molecule has 5 rings (SSSR count). The van der Waals surface area contributed by atoms with Gasteiger partial charge in [0.1, 0.15) is 12.4 Å². The third-order valence-electron chi connectivity index (χ3n) is 4.90. The third-order valence-corrected chi connectivity index (χ3v) is 5.85. The molecule has 2 aromatic heterocycles. The van der Waals surface area contributed by atoms with Crippen LogP contribution >= 0.6 is 11.3 Å². The molecule has 0 saturated carbocycles. The van der Waals surface area contributed by atoms with Crippen molar-refractivity contribution in [1.82, 2.24) is 14.6 Å². The lowest BCUT2D eigenvalue weighted by molar-refractivity contribution is 0.306. The van der Waals surface area contributed by atoms with Gasteiger partial charge in [-0.15, -0.1) is 5.10 Å². The van der Waals surface area contributed by atoms with Gasteiger partial charge in [0.05, 0.1) is 4.53 Å². The Balaban J connectivity index is 1.42. The molecule has 152 valence electrons. The molecule has 31 heavy (non-hydrogen) atoms. The fraction of sp³-hybridized carbons (Fsp3) is 0.0800. The van der Waals surface area contributed by atoms with Crippen LogP contribution in [0.3, 0.4) is 0 Å². The molecule has 5 nitrogen and oxygen atoms in total. The molecule has 5 aromatic rings. The summed E-state index contributed by atoms with van der Waals surface area (Å²) in [6.45, 7) is 2.53. The lowest BCUT2D eigenvalue weighted by atomic mass is 10.1. The highest BCUT2D eigenvalue weighted by Gasteiger charge is 2.12. The monoisotopic (exact) mass is 425 g/mol. The number of nitrogens with zero attached hydrogens (tertiary/aromatic N) is 3. The summed E-state index contributed by atoms with van der Waals surface area (Å²) in [5.74, 6) is 1.32. The fourth-order valence-electron chi connectivity index (χ4n) is 3.25. The zero-order valence-corrected chi connectivity index (χ0v) is 17.7. The summed E-state index contributed by atoms with van der Waals surface area (Å²) in [6, 6.07) is 25.7. The van der Waals surface area contributed by atoms with E-state index in [2.05, 4.69) is 10.1 Å². The van der Waals surface area contributed by atoms with E-state index in [1.165, 1.54) is 21.4 Å². The Hall–Kier alpha value is -3.77. The first-order valence-electron chi connectivity index (χ1n) is 9.91. The van der Waals surface area contributed by atoms with Crippen molar-refractivity contribution >= 4 is 22.4 Å². The van der Waals surface area contributed by atoms with Crippen molar-refractivity contribution in [3.05, 3.63) is 110 Å². The van der Waals surface area contributed by atoms with Gasteiger partial charge < -0.3 is 4.74 Å². The molecule has 0 aliphatic carbocycles. The minimum absolute atomic E-state index is 0.165. The second kappa shape index (κ2) is 8.16. The highest BCUT2D eigenvalue weighted by atomic mass is 32.1. The van der Waals surface area contributed by atoms with Crippen LogP contribution in [0, 0.1) is 6.92 Å². The van der Waals surface area contributed by atoms with Gasteiger partial charge in [0.15, 0.2) is 5.82 Å². The fourth-order valence-corrected chi connectivity index (χ4v) is 4.15. The Morgan fingerprint density at radius 2 is 1.81 bits per heavy atom. The van der Waals surface area contributed by atoms with Crippen molar-refractivity contribution in [3.8, 4) is 17.1 Å². The number of ether oxygens (including phenoxy) is 1. The van der Waals surface area contributed by atoms with Crippen LogP contribution in [0.15, 0.2) is 83.7 Å². The summed E-state index contributed by atoms with van der Waals surface area (Å²) >= 11 is 1.33. The molecule has 0 aliphatic heterocycles. The molecule has 0 fully saturated rings. The van der Waals surface area contributed by atoms with Crippen LogP contribution in [0.5, 0.6) is 5.75 Å². The van der Waals surface area contributed by atoms with E-state index in [0.717, 1.165) is 22.4 Å². The van der Waals surface area contributed by atoms with Crippen LogP contribution in [0.2, 0.25) is 0 Å². The predicted molar refractivity (Wildman–Crippen MR) is 123 cm³/mol. The molecule has 2 heterocycles. The lowest BCUT2D eigenvalue weighted by Gasteiger charge is -2.06. The van der Waals surface area contributed by atoms with Crippen LogP contribution < -0.4 is 14.8 Å². The predicted octanol–water partition coefficient (Wildman–Crippen LogP) is 4.25. The van der Waals surface area contributed by atoms with Gasteiger partial charge in [-0.05, 0) is 36.3 Å². The largest absolute Gasteiger partial charge is 0.489 e. The summed E-state index contributed by atoms with van der Waals surface area (Å²) in [5.41, 5.74) is 3.90. The first-order valence-corrected chi connectivity index (χ1v) is 10.7. The minimum Gasteiger partial charge on any atom is -0.489 e. The van der Waals surface area contributed by atoms with E-state index in [4.69, 9.17) is 4.74 Å². The smallest absolute Gasteiger partial charge is 0.291 e. The topological polar surface area (TPSA) is 56.5 Å². The Labute approximate surface area is 182 Å². The maximum atomic E-state index is 12.8. The molecule has 3 aromatic carbocycles. The first-order chi connectivity index (χ1) is 15.2. The quantitative estimate of drug-likeness (QED) is 0.422. The number of hydrogen-bond donors (Lipinski definition) is 0. The zero-order chi connectivity index (χ0) is 21.2. The van der Waals surface area contributed by atoms with Gasteiger partial charge in [0, 0.05) is 5.56 Å². The molecular weight excluding hydrogens is 406 g/mol. The van der Waals surface area contributed by atoms with Crippen LogP contribution in [-0.2, 0) is 6.61 Å². The maximum absolute atomic E-state index is 12.8. The van der Waals surface area contributed by atoms with E-state index in [9.17, 15) is 4.79 Å². The standard InChI is InChI=1S/C25H19N3O2S/c1-17-10-12-20(13-11-17)23-26-25-28(27-23)24(29)22(31-25)15-19-8-5-9-21(14-19)30-16-18-6-3-2-4-7-18/h2-15H,16H2,1H3/b22-15+. The van der Waals surface area contributed by atoms with Crippen molar-refractivity contribution in [2.75, 3.05) is 0 Å². The number of rotatable bonds is 5. The van der Waals surface area contributed by atoms with Crippen molar-refractivity contribution in [2.24, 2.45) is 0 Å². The summed E-state index contributed by atoms with van der Waals surface area (Å²) in [5, 5.41) is 4.41. The van der Waals surface area contributed by atoms with Gasteiger partial charge in [0.2, 0.25) is 4.96 Å². The Morgan fingerprint density at radius 3 is 2.58 bits per heavy atom. The van der Waals surface area contributed by atoms with Crippen molar-refractivity contribution < 1.29 is 4.74 Å². The highest BCUT2D eigenvalue weighted by Crippen LogP contribution is 2.18. The number of aromatic nitrogens is 3. The Morgan fingerprint density at radius 1 is 1.00 bits per heavy atom. The molecule has 0 bridgehead atoms. The van der Waals surface area contributed by atoms with Crippen molar-refractivity contribution in [1.29, 1.82) is 0 Å². The first kappa shape index (κ1) is 19.2. The molecule has 0 unspecified atom stereocenters. The van der Waals surface area contributed by atoms with Crippen molar-refractivity contribution in [3.63, 3.8) is 0 Å². The lowest BCUT2D eigenvalue weighted by Crippen LogP contribution is -2.23. The average molecular weight is 426 g/mol. The second-order valence-electron chi connectivity index (χ2n) is 7.26. The maximum Gasteiger partial charge on any atom is 0.291 e. The van der Waals surface area contributed by atoms with Gasteiger partial charge in [-0.2, -0.15) is 9.50 Å². The van der Waals surface area contributed by atoms with Crippen LogP contribution in [0.25, 0.3) is 22.4 Å². The average Bonchev–Trinajstić information content (AvgIpc) is 3.33. The zero-order valence-electron chi connectivity index (χ0n) is 16.9. The van der Waals surface area contributed by atoms with Gasteiger partial charge in [0.25, 0.3) is 5.56 Å². The Bertz CT molecular complexity index is 1450. The third kappa shape index (κ3) is 4.11. The number of aryl methyl sites for hydroxylation is 1. The SMILES string of the molecule is Cc1ccc(-c2nc3s/c(=C/c4cccc(OCc5ccccc5)c4)c(=O)n3n2)cc1. The summed E-state index contributed by atoms with van der Waals surface area (Å²) in [6.07, 6.45) is 1.85. The van der Waals surface area contributed by atoms with Crippen LogP contribution in [0.4, 0.5) is 0 Å². The van der Waals surface area contributed by atoms with Gasteiger partial charge in [-0.25, -0.2) is 0 Å². The van der Waals surface area contributed by atoms with E-state index in [1.807, 2.05) is 91.9 Å². The van der Waals surface area contributed by atoms with Crippen LogP contribution in [-0.4, -0.2) is 14.6 Å². The molecule has 0 aliphatic rings. The molecular formula is C25H19N3O2S. The number of fused-ring (bicyclic) bond motifs is 1. The van der Waals surface area contributed by atoms with E-state index < -0.39 is 0 Å². The normalized spacial score (nSPS) is 11.8. The summed E-state index contributed by atoms with van der Waals surface area (Å²) in [4.78, 5) is 18.0. The van der Waals surface area contributed by atoms with Crippen LogP contribution in [0.1, 0.15) is 16.7 Å². The molecule has 0 amide bonds. The van der Waals surface area contributed by atoms with E-state index in [0.29, 0.717) is 21.9 Å². The molecule has 0 N–H and O–H groups in total. The Kier molecular flexibility index (Phi) is 5.06. The van der Waals surface area contributed by atoms with Gasteiger partial charge in [-0.3, -0.25) is 4.79 Å². The van der Waals surface area contributed by atoms with E-state index >= 15 is 0 Å². The number of benzene rings is 3. The van der Waals surface area contributed by atoms with E-state index in [-0.39, 0.29) is 5.56 Å². The highest BCUT2D eigenvalue weighted by molar-refractivity contribution is 7.15. The molecule has 0 atom stereocenters.